The monoisotopic (exact) mass is 354 g/mol. The first-order chi connectivity index (χ1) is 12.2. The summed E-state index contributed by atoms with van der Waals surface area (Å²) < 4.78 is 0. The highest BCUT2D eigenvalue weighted by atomic mass is 32.1. The van der Waals surface area contributed by atoms with Crippen LogP contribution in [0.1, 0.15) is 25.8 Å². The summed E-state index contributed by atoms with van der Waals surface area (Å²) in [7, 11) is 0. The summed E-state index contributed by atoms with van der Waals surface area (Å²) in [5.41, 5.74) is 3.71. The van der Waals surface area contributed by atoms with Crippen molar-refractivity contribution in [1.82, 2.24) is 14.9 Å². The van der Waals surface area contributed by atoms with Crippen LogP contribution in [0, 0.1) is 6.92 Å². The van der Waals surface area contributed by atoms with E-state index in [0.29, 0.717) is 0 Å². The highest BCUT2D eigenvalue weighted by molar-refractivity contribution is 7.17. The standard InChI is InChI=1S/C20H26N4S/c1-4-24(5-2)12-6-11-21-19-18-17(13-25-20(18)23-14-22-19)16-9-7-15(3)8-10-16/h7-10,13-14H,4-6,11-12H2,1-3H3,(H,21,22,23). The molecule has 1 aromatic carbocycles. The maximum absolute atomic E-state index is 4.51. The van der Waals surface area contributed by atoms with E-state index < -0.39 is 0 Å². The van der Waals surface area contributed by atoms with Crippen molar-refractivity contribution in [3.8, 4) is 11.1 Å². The fourth-order valence-electron chi connectivity index (χ4n) is 3.00. The van der Waals surface area contributed by atoms with E-state index in [0.717, 1.165) is 48.6 Å². The first-order valence-electron chi connectivity index (χ1n) is 8.98. The van der Waals surface area contributed by atoms with Gasteiger partial charge in [-0.3, -0.25) is 0 Å². The Morgan fingerprint density at radius 3 is 2.56 bits per heavy atom. The van der Waals surface area contributed by atoms with Crippen LogP contribution >= 0.6 is 11.3 Å². The van der Waals surface area contributed by atoms with E-state index in [2.05, 4.69) is 70.6 Å². The Balaban J connectivity index is 1.79. The lowest BCUT2D eigenvalue weighted by Gasteiger charge is -2.18. The van der Waals surface area contributed by atoms with E-state index in [1.165, 1.54) is 16.7 Å². The second-order valence-corrected chi connectivity index (χ2v) is 7.08. The minimum absolute atomic E-state index is 0.922. The van der Waals surface area contributed by atoms with Crippen LogP contribution in [0.5, 0.6) is 0 Å². The molecular weight excluding hydrogens is 328 g/mol. The summed E-state index contributed by atoms with van der Waals surface area (Å²) in [5, 5.41) is 6.85. The Labute approximate surface area is 153 Å². The van der Waals surface area contributed by atoms with Crippen LogP contribution in [0.2, 0.25) is 0 Å². The molecule has 4 nitrogen and oxygen atoms in total. The van der Waals surface area contributed by atoms with E-state index in [1.54, 1.807) is 17.7 Å². The molecule has 0 radical (unpaired) electrons. The van der Waals surface area contributed by atoms with Crippen LogP contribution in [0.4, 0.5) is 5.82 Å². The highest BCUT2D eigenvalue weighted by Gasteiger charge is 2.12. The SMILES string of the molecule is CCN(CC)CCCNc1ncnc2scc(-c3ccc(C)cc3)c12. The number of rotatable bonds is 8. The number of nitrogens with zero attached hydrogens (tertiary/aromatic N) is 3. The largest absolute Gasteiger partial charge is 0.369 e. The molecule has 2 heterocycles. The lowest BCUT2D eigenvalue weighted by Crippen LogP contribution is -2.25. The first-order valence-corrected chi connectivity index (χ1v) is 9.86. The van der Waals surface area contributed by atoms with Gasteiger partial charge >= 0.3 is 0 Å². The molecule has 0 spiro atoms. The quantitative estimate of drug-likeness (QED) is 0.589. The lowest BCUT2D eigenvalue weighted by molar-refractivity contribution is 0.303. The van der Waals surface area contributed by atoms with Crippen LogP contribution in [-0.4, -0.2) is 41.0 Å². The third-order valence-electron chi connectivity index (χ3n) is 4.57. The summed E-state index contributed by atoms with van der Waals surface area (Å²) >= 11 is 1.68. The Hall–Kier alpha value is -1.98. The van der Waals surface area contributed by atoms with E-state index in [9.17, 15) is 0 Å². The van der Waals surface area contributed by atoms with Gasteiger partial charge in [-0.05, 0) is 38.5 Å². The predicted octanol–water partition coefficient (Wildman–Crippen LogP) is 4.81. The summed E-state index contributed by atoms with van der Waals surface area (Å²) in [4.78, 5) is 12.4. The van der Waals surface area contributed by atoms with Crippen molar-refractivity contribution >= 4 is 27.4 Å². The fourth-order valence-corrected chi connectivity index (χ4v) is 3.92. The van der Waals surface area contributed by atoms with Gasteiger partial charge in [-0.2, -0.15) is 0 Å². The molecule has 132 valence electrons. The summed E-state index contributed by atoms with van der Waals surface area (Å²) in [6.45, 7) is 10.8. The van der Waals surface area contributed by atoms with Gasteiger partial charge in [0.15, 0.2) is 0 Å². The van der Waals surface area contributed by atoms with Crippen molar-refractivity contribution < 1.29 is 0 Å². The molecule has 5 heteroatoms. The minimum atomic E-state index is 0.922. The topological polar surface area (TPSA) is 41.0 Å². The summed E-state index contributed by atoms with van der Waals surface area (Å²) in [6, 6.07) is 8.65. The van der Waals surface area contributed by atoms with Crippen LogP contribution in [0.15, 0.2) is 36.0 Å². The van der Waals surface area contributed by atoms with E-state index in [-0.39, 0.29) is 0 Å². The number of aryl methyl sites for hydroxylation is 1. The summed E-state index contributed by atoms with van der Waals surface area (Å²) in [6.07, 6.45) is 2.77. The zero-order valence-electron chi connectivity index (χ0n) is 15.2. The maximum Gasteiger partial charge on any atom is 0.138 e. The molecule has 0 unspecified atom stereocenters. The van der Waals surface area contributed by atoms with E-state index in [1.807, 2.05) is 0 Å². The number of hydrogen-bond donors (Lipinski definition) is 1. The molecule has 3 aromatic rings. The maximum atomic E-state index is 4.51. The number of thiophene rings is 1. The lowest BCUT2D eigenvalue weighted by atomic mass is 10.0. The van der Waals surface area contributed by atoms with E-state index in [4.69, 9.17) is 0 Å². The molecule has 3 rings (SSSR count). The smallest absolute Gasteiger partial charge is 0.138 e. The zero-order valence-corrected chi connectivity index (χ0v) is 16.1. The van der Waals surface area contributed by atoms with Gasteiger partial charge < -0.3 is 10.2 Å². The normalized spacial score (nSPS) is 11.4. The molecule has 0 bridgehead atoms. The number of aromatic nitrogens is 2. The molecule has 25 heavy (non-hydrogen) atoms. The van der Waals surface area contributed by atoms with Gasteiger partial charge in [-0.1, -0.05) is 43.7 Å². The second-order valence-electron chi connectivity index (χ2n) is 6.23. The molecule has 0 aliphatic rings. The molecule has 0 fully saturated rings. The number of benzene rings is 1. The third-order valence-corrected chi connectivity index (χ3v) is 5.46. The number of hydrogen-bond acceptors (Lipinski definition) is 5. The number of nitrogens with one attached hydrogen (secondary N) is 1. The first kappa shape index (κ1) is 17.8. The fraction of sp³-hybridized carbons (Fsp3) is 0.400. The second kappa shape index (κ2) is 8.41. The van der Waals surface area contributed by atoms with Crippen molar-refractivity contribution in [2.24, 2.45) is 0 Å². The average molecular weight is 355 g/mol. The van der Waals surface area contributed by atoms with Gasteiger partial charge in [-0.25, -0.2) is 9.97 Å². The van der Waals surface area contributed by atoms with Crippen LogP contribution in [0.3, 0.4) is 0 Å². The Bertz CT molecular complexity index is 806. The highest BCUT2D eigenvalue weighted by Crippen LogP contribution is 2.36. The van der Waals surface area contributed by atoms with Crippen LogP contribution in [-0.2, 0) is 0 Å². The van der Waals surface area contributed by atoms with Crippen molar-refractivity contribution in [2.75, 3.05) is 31.5 Å². The zero-order chi connectivity index (χ0) is 17.6. The van der Waals surface area contributed by atoms with Crippen molar-refractivity contribution in [1.29, 1.82) is 0 Å². The van der Waals surface area contributed by atoms with Crippen LogP contribution in [0.25, 0.3) is 21.3 Å². The van der Waals surface area contributed by atoms with Crippen molar-refractivity contribution in [3.05, 3.63) is 41.5 Å². The van der Waals surface area contributed by atoms with Crippen LogP contribution < -0.4 is 5.32 Å². The van der Waals surface area contributed by atoms with Gasteiger partial charge in [0.25, 0.3) is 0 Å². The Morgan fingerprint density at radius 2 is 1.84 bits per heavy atom. The molecule has 0 aliphatic heterocycles. The molecule has 0 atom stereocenters. The van der Waals surface area contributed by atoms with Gasteiger partial charge in [0, 0.05) is 17.5 Å². The van der Waals surface area contributed by atoms with Gasteiger partial charge in [0.1, 0.15) is 17.0 Å². The van der Waals surface area contributed by atoms with E-state index >= 15 is 0 Å². The molecule has 2 aromatic heterocycles. The summed E-state index contributed by atoms with van der Waals surface area (Å²) in [5.74, 6) is 0.946. The Morgan fingerprint density at radius 1 is 1.08 bits per heavy atom. The Kier molecular flexibility index (Phi) is 6.00. The van der Waals surface area contributed by atoms with Gasteiger partial charge in [0.2, 0.25) is 0 Å². The molecule has 0 amide bonds. The van der Waals surface area contributed by atoms with Crippen molar-refractivity contribution in [3.63, 3.8) is 0 Å². The molecule has 1 N–H and O–H groups in total. The molecule has 0 aliphatic carbocycles. The third kappa shape index (κ3) is 4.17. The molecule has 0 saturated carbocycles. The van der Waals surface area contributed by atoms with Gasteiger partial charge in [0.05, 0.1) is 5.39 Å². The average Bonchev–Trinajstić information content (AvgIpc) is 3.07. The van der Waals surface area contributed by atoms with Gasteiger partial charge in [-0.15, -0.1) is 11.3 Å². The predicted molar refractivity (Wildman–Crippen MR) is 108 cm³/mol. The number of anilines is 1. The molecule has 0 saturated heterocycles. The minimum Gasteiger partial charge on any atom is -0.369 e. The van der Waals surface area contributed by atoms with Crippen molar-refractivity contribution in [2.45, 2.75) is 27.2 Å². The number of fused-ring (bicyclic) bond motifs is 1. The molecular formula is C20H26N4S.